The lowest BCUT2D eigenvalue weighted by molar-refractivity contribution is -0.118. The van der Waals surface area contributed by atoms with Gasteiger partial charge in [-0.25, -0.2) is 4.98 Å². The Labute approximate surface area is 168 Å². The first-order chi connectivity index (χ1) is 13.6. The van der Waals surface area contributed by atoms with Crippen LogP contribution in [0.2, 0.25) is 0 Å². The van der Waals surface area contributed by atoms with Crippen molar-refractivity contribution in [2.75, 3.05) is 11.4 Å². The summed E-state index contributed by atoms with van der Waals surface area (Å²) in [5, 5.41) is 0.887. The molecule has 5 nitrogen and oxygen atoms in total. The highest BCUT2D eigenvalue weighted by atomic mass is 32.2. The van der Waals surface area contributed by atoms with E-state index >= 15 is 0 Å². The van der Waals surface area contributed by atoms with Crippen LogP contribution in [0.1, 0.15) is 25.3 Å². The van der Waals surface area contributed by atoms with Crippen molar-refractivity contribution in [2.45, 2.75) is 36.6 Å². The number of nitrogens with zero attached hydrogens (tertiary/aromatic N) is 3. The summed E-state index contributed by atoms with van der Waals surface area (Å²) in [6.07, 6.45) is 2.64. The number of aromatic nitrogens is 2. The molecule has 1 aliphatic heterocycles. The minimum absolute atomic E-state index is 0.0845. The molecule has 0 N–H and O–H groups in total. The number of rotatable bonds is 4. The van der Waals surface area contributed by atoms with Crippen LogP contribution in [-0.4, -0.2) is 27.3 Å². The zero-order valence-corrected chi connectivity index (χ0v) is 16.9. The van der Waals surface area contributed by atoms with Crippen LogP contribution < -0.4 is 10.5 Å². The first-order valence-electron chi connectivity index (χ1n) is 9.62. The summed E-state index contributed by atoms with van der Waals surface area (Å²) in [4.78, 5) is 32.6. The summed E-state index contributed by atoms with van der Waals surface area (Å²) in [5.74, 6) is 0.0852. The molecule has 3 aromatic rings. The number of para-hydroxylation sites is 2. The standard InChI is InChI=1S/C22H23N3O2S/c1-3-19(21(27)25-14-8-10-15-9-4-7-13-18(15)25)28-22-23-17-12-6-5-11-16(17)20(26)24(22)2/h4-7,9,11-13,19H,3,8,10,14H2,1-2H3. The molecule has 1 amide bonds. The van der Waals surface area contributed by atoms with E-state index in [0.717, 1.165) is 25.1 Å². The van der Waals surface area contributed by atoms with Gasteiger partial charge in [0.1, 0.15) is 0 Å². The van der Waals surface area contributed by atoms with Gasteiger partial charge in [0.25, 0.3) is 5.56 Å². The summed E-state index contributed by atoms with van der Waals surface area (Å²) in [7, 11) is 1.72. The van der Waals surface area contributed by atoms with Crippen molar-refractivity contribution in [3.63, 3.8) is 0 Å². The molecule has 0 saturated heterocycles. The number of aryl methyl sites for hydroxylation is 1. The van der Waals surface area contributed by atoms with E-state index in [0.29, 0.717) is 22.5 Å². The van der Waals surface area contributed by atoms with E-state index in [-0.39, 0.29) is 16.7 Å². The third kappa shape index (κ3) is 3.33. The van der Waals surface area contributed by atoms with Crippen LogP contribution in [-0.2, 0) is 18.3 Å². The van der Waals surface area contributed by atoms with E-state index in [4.69, 9.17) is 0 Å². The quantitative estimate of drug-likeness (QED) is 0.500. The first kappa shape index (κ1) is 18.7. The summed E-state index contributed by atoms with van der Waals surface area (Å²) >= 11 is 1.38. The SMILES string of the molecule is CCC(Sc1nc2ccccc2c(=O)n1C)C(=O)N1CCCc2ccccc21. The largest absolute Gasteiger partial charge is 0.311 e. The van der Waals surface area contributed by atoms with E-state index in [1.165, 1.54) is 17.3 Å². The monoisotopic (exact) mass is 393 g/mol. The molecule has 0 spiro atoms. The van der Waals surface area contributed by atoms with Crippen LogP contribution in [0.5, 0.6) is 0 Å². The molecule has 1 aliphatic rings. The third-order valence-corrected chi connectivity index (χ3v) is 6.61. The Morgan fingerprint density at radius 1 is 1.18 bits per heavy atom. The number of fused-ring (bicyclic) bond motifs is 2. The Kier molecular flexibility index (Phi) is 5.22. The van der Waals surface area contributed by atoms with Crippen molar-refractivity contribution < 1.29 is 4.79 Å². The number of amides is 1. The fraction of sp³-hybridized carbons (Fsp3) is 0.318. The van der Waals surface area contributed by atoms with Crippen LogP contribution >= 0.6 is 11.8 Å². The molecule has 28 heavy (non-hydrogen) atoms. The number of benzene rings is 2. The van der Waals surface area contributed by atoms with Crippen molar-refractivity contribution in [3.8, 4) is 0 Å². The number of thioether (sulfide) groups is 1. The molecule has 1 unspecified atom stereocenters. The maximum Gasteiger partial charge on any atom is 0.261 e. The Morgan fingerprint density at radius 3 is 2.75 bits per heavy atom. The van der Waals surface area contributed by atoms with Gasteiger partial charge in [-0.1, -0.05) is 49.0 Å². The number of hydrogen-bond donors (Lipinski definition) is 0. The molecule has 0 fully saturated rings. The highest BCUT2D eigenvalue weighted by Crippen LogP contribution is 2.31. The predicted octanol–water partition coefficient (Wildman–Crippen LogP) is 3.78. The van der Waals surface area contributed by atoms with Crippen LogP contribution in [0.3, 0.4) is 0 Å². The smallest absolute Gasteiger partial charge is 0.261 e. The molecule has 2 aromatic carbocycles. The van der Waals surface area contributed by atoms with Crippen LogP contribution in [0.15, 0.2) is 58.5 Å². The van der Waals surface area contributed by atoms with Crippen molar-refractivity contribution in [3.05, 3.63) is 64.4 Å². The van der Waals surface area contributed by atoms with E-state index in [9.17, 15) is 9.59 Å². The van der Waals surface area contributed by atoms with E-state index in [1.54, 1.807) is 17.7 Å². The van der Waals surface area contributed by atoms with Gasteiger partial charge in [0.2, 0.25) is 5.91 Å². The van der Waals surface area contributed by atoms with Crippen molar-refractivity contribution in [2.24, 2.45) is 7.05 Å². The second kappa shape index (κ2) is 7.80. The molecule has 1 aromatic heterocycles. The fourth-order valence-corrected chi connectivity index (χ4v) is 4.72. The molecule has 6 heteroatoms. The molecular formula is C22H23N3O2S. The summed E-state index contributed by atoms with van der Waals surface area (Å²) in [6, 6.07) is 15.4. The Bertz CT molecular complexity index is 1090. The average molecular weight is 394 g/mol. The maximum absolute atomic E-state index is 13.3. The zero-order chi connectivity index (χ0) is 19.7. The first-order valence-corrected chi connectivity index (χ1v) is 10.5. The fourth-order valence-electron chi connectivity index (χ4n) is 3.67. The molecule has 1 atom stereocenters. The molecular weight excluding hydrogens is 370 g/mol. The van der Waals surface area contributed by atoms with Gasteiger partial charge in [-0.2, -0.15) is 0 Å². The van der Waals surface area contributed by atoms with Crippen molar-refractivity contribution >= 4 is 34.3 Å². The van der Waals surface area contributed by atoms with Gasteiger partial charge in [-0.05, 0) is 43.0 Å². The maximum atomic E-state index is 13.3. The number of anilines is 1. The van der Waals surface area contributed by atoms with Crippen LogP contribution in [0.4, 0.5) is 5.69 Å². The van der Waals surface area contributed by atoms with Crippen LogP contribution in [0, 0.1) is 0 Å². The number of carbonyl (C=O) groups excluding carboxylic acids is 1. The van der Waals surface area contributed by atoms with Gasteiger partial charge >= 0.3 is 0 Å². The third-order valence-electron chi connectivity index (χ3n) is 5.21. The molecule has 4 rings (SSSR count). The van der Waals surface area contributed by atoms with Gasteiger partial charge < -0.3 is 4.90 Å². The molecule has 0 bridgehead atoms. The average Bonchev–Trinajstić information content (AvgIpc) is 2.74. The zero-order valence-electron chi connectivity index (χ0n) is 16.1. The topological polar surface area (TPSA) is 55.2 Å². The van der Waals surface area contributed by atoms with Gasteiger partial charge in [-0.3, -0.25) is 14.2 Å². The Morgan fingerprint density at radius 2 is 1.93 bits per heavy atom. The number of carbonyl (C=O) groups is 1. The lowest BCUT2D eigenvalue weighted by Crippen LogP contribution is -2.41. The highest BCUT2D eigenvalue weighted by Gasteiger charge is 2.29. The van der Waals surface area contributed by atoms with Gasteiger partial charge in [-0.15, -0.1) is 0 Å². The Balaban J connectivity index is 1.66. The van der Waals surface area contributed by atoms with Gasteiger partial charge in [0.05, 0.1) is 16.2 Å². The molecule has 2 heterocycles. The van der Waals surface area contributed by atoms with E-state index in [2.05, 4.69) is 11.1 Å². The predicted molar refractivity (Wildman–Crippen MR) is 114 cm³/mol. The van der Waals surface area contributed by atoms with Gasteiger partial charge in [0.15, 0.2) is 5.16 Å². The summed E-state index contributed by atoms with van der Waals surface area (Å²) < 4.78 is 1.55. The highest BCUT2D eigenvalue weighted by molar-refractivity contribution is 8.00. The second-order valence-electron chi connectivity index (χ2n) is 7.01. The van der Waals surface area contributed by atoms with E-state index in [1.807, 2.05) is 48.2 Å². The molecule has 0 aliphatic carbocycles. The number of hydrogen-bond acceptors (Lipinski definition) is 4. The minimum Gasteiger partial charge on any atom is -0.311 e. The molecule has 0 radical (unpaired) electrons. The lowest BCUT2D eigenvalue weighted by atomic mass is 10.0. The lowest BCUT2D eigenvalue weighted by Gasteiger charge is -2.32. The normalized spacial score (nSPS) is 14.7. The second-order valence-corrected chi connectivity index (χ2v) is 8.18. The summed E-state index contributed by atoms with van der Waals surface area (Å²) in [5.41, 5.74) is 2.81. The summed E-state index contributed by atoms with van der Waals surface area (Å²) in [6.45, 7) is 2.74. The molecule has 0 saturated carbocycles. The van der Waals surface area contributed by atoms with Crippen molar-refractivity contribution in [1.29, 1.82) is 0 Å². The minimum atomic E-state index is -0.287. The molecule has 144 valence electrons. The van der Waals surface area contributed by atoms with Crippen LogP contribution in [0.25, 0.3) is 10.9 Å². The van der Waals surface area contributed by atoms with Gasteiger partial charge in [0, 0.05) is 19.3 Å². The van der Waals surface area contributed by atoms with Crippen molar-refractivity contribution in [1.82, 2.24) is 9.55 Å². The van der Waals surface area contributed by atoms with E-state index < -0.39 is 0 Å². The Hall–Kier alpha value is -2.60.